The minimum absolute atomic E-state index is 0.394. The monoisotopic (exact) mass is 318 g/mol. The van der Waals surface area contributed by atoms with Crippen molar-refractivity contribution in [2.75, 3.05) is 12.3 Å². The molecule has 4 heteroatoms. The topological polar surface area (TPSA) is 24.9 Å². The highest BCUT2D eigenvalue weighted by molar-refractivity contribution is 7.98. The average molecular weight is 319 g/mol. The van der Waals surface area contributed by atoms with Gasteiger partial charge in [0.25, 0.3) is 0 Å². The lowest BCUT2D eigenvalue weighted by Gasteiger charge is -2.16. The highest BCUT2D eigenvalue weighted by Crippen LogP contribution is 2.35. The van der Waals surface area contributed by atoms with Gasteiger partial charge in [0.15, 0.2) is 0 Å². The average Bonchev–Trinajstić information content (AvgIpc) is 2.93. The fourth-order valence-electron chi connectivity index (χ4n) is 2.69. The zero-order chi connectivity index (χ0) is 14.7. The summed E-state index contributed by atoms with van der Waals surface area (Å²) in [6, 6.07) is 7.13. The molecule has 0 saturated heterocycles. The van der Waals surface area contributed by atoms with E-state index in [-0.39, 0.29) is 0 Å². The van der Waals surface area contributed by atoms with Crippen LogP contribution in [-0.4, -0.2) is 17.3 Å². The maximum Gasteiger partial charge on any atom is 0.0470 e. The van der Waals surface area contributed by atoms with Gasteiger partial charge in [-0.2, -0.15) is 11.8 Å². The number of hydrogen-bond donors (Lipinski definition) is 1. The van der Waals surface area contributed by atoms with Crippen LogP contribution in [0.2, 0.25) is 0 Å². The molecule has 1 unspecified atom stereocenters. The second kappa shape index (κ2) is 6.95. The van der Waals surface area contributed by atoms with Gasteiger partial charge in [0.05, 0.1) is 0 Å². The van der Waals surface area contributed by atoms with Crippen molar-refractivity contribution in [1.82, 2.24) is 10.3 Å². The number of hydrogen-bond acceptors (Lipinski definition) is 4. The lowest BCUT2D eigenvalue weighted by Crippen LogP contribution is -2.22. The molecule has 112 valence electrons. The van der Waals surface area contributed by atoms with Gasteiger partial charge in [0.2, 0.25) is 0 Å². The molecule has 0 amide bonds. The van der Waals surface area contributed by atoms with Crippen molar-refractivity contribution in [2.45, 2.75) is 38.5 Å². The first-order valence-electron chi connectivity index (χ1n) is 7.60. The molecule has 3 rings (SSSR count). The van der Waals surface area contributed by atoms with E-state index in [1.54, 1.807) is 10.4 Å². The van der Waals surface area contributed by atoms with Crippen molar-refractivity contribution in [3.63, 3.8) is 0 Å². The molecule has 2 aromatic rings. The van der Waals surface area contributed by atoms with Crippen molar-refractivity contribution in [3.8, 4) is 0 Å². The van der Waals surface area contributed by atoms with E-state index >= 15 is 0 Å². The summed E-state index contributed by atoms with van der Waals surface area (Å²) in [5.74, 6) is 2.46. The molecule has 0 radical (unpaired) electrons. The molecule has 1 atom stereocenters. The van der Waals surface area contributed by atoms with Gasteiger partial charge in [0.1, 0.15) is 0 Å². The van der Waals surface area contributed by atoms with Gasteiger partial charge < -0.3 is 5.32 Å². The minimum atomic E-state index is 0.394. The molecule has 1 aliphatic rings. The molecule has 0 fully saturated rings. The van der Waals surface area contributed by atoms with Gasteiger partial charge in [-0.05, 0) is 48.9 Å². The zero-order valence-corrected chi connectivity index (χ0v) is 14.3. The number of likely N-dealkylation sites (N-methyl/N-ethyl adjacent to an activating group) is 1. The number of thioether (sulfide) groups is 1. The highest BCUT2D eigenvalue weighted by atomic mass is 32.2. The van der Waals surface area contributed by atoms with Gasteiger partial charge >= 0.3 is 0 Å². The lowest BCUT2D eigenvalue weighted by molar-refractivity contribution is 0.552. The number of thiophene rings is 1. The molecule has 3 heterocycles. The summed E-state index contributed by atoms with van der Waals surface area (Å²) >= 11 is 4.06. The maximum absolute atomic E-state index is 4.57. The first kappa shape index (κ1) is 15.1. The van der Waals surface area contributed by atoms with Crippen molar-refractivity contribution in [2.24, 2.45) is 0 Å². The number of aromatic nitrogens is 1. The Morgan fingerprint density at radius 2 is 2.29 bits per heavy atom. The van der Waals surface area contributed by atoms with Gasteiger partial charge in [-0.3, -0.25) is 4.98 Å². The Morgan fingerprint density at radius 3 is 3.00 bits per heavy atom. The minimum Gasteiger partial charge on any atom is -0.309 e. The van der Waals surface area contributed by atoms with Crippen LogP contribution in [0.5, 0.6) is 0 Å². The Morgan fingerprint density at radius 1 is 1.38 bits per heavy atom. The number of fused-ring (bicyclic) bond motifs is 1. The maximum atomic E-state index is 4.57. The van der Waals surface area contributed by atoms with E-state index < -0.39 is 0 Å². The lowest BCUT2D eigenvalue weighted by atomic mass is 10.1. The summed E-state index contributed by atoms with van der Waals surface area (Å²) in [6.07, 6.45) is 4.18. The number of nitrogens with one attached hydrogen (secondary N) is 1. The largest absolute Gasteiger partial charge is 0.309 e. The van der Waals surface area contributed by atoms with Gasteiger partial charge in [-0.15, -0.1) is 11.3 Å². The van der Waals surface area contributed by atoms with Crippen LogP contribution >= 0.6 is 23.1 Å². The first-order chi connectivity index (χ1) is 10.3. The smallest absolute Gasteiger partial charge is 0.0470 e. The molecule has 21 heavy (non-hydrogen) atoms. The molecular weight excluding hydrogens is 296 g/mol. The van der Waals surface area contributed by atoms with Crippen LogP contribution in [-0.2, 0) is 18.6 Å². The summed E-state index contributed by atoms with van der Waals surface area (Å²) in [7, 11) is 0. The number of nitrogens with zero attached hydrogens (tertiary/aromatic N) is 1. The predicted molar refractivity (Wildman–Crippen MR) is 93.3 cm³/mol. The Hall–Kier alpha value is -0.840. The molecule has 1 aliphatic heterocycles. The van der Waals surface area contributed by atoms with Crippen LogP contribution in [0.25, 0.3) is 0 Å². The van der Waals surface area contributed by atoms with E-state index in [9.17, 15) is 0 Å². The van der Waals surface area contributed by atoms with E-state index in [4.69, 9.17) is 0 Å². The molecular formula is C17H22N2S2. The Bertz CT molecular complexity index is 566. The zero-order valence-electron chi connectivity index (χ0n) is 12.7. The normalized spacial score (nSPS) is 15.7. The third-order valence-electron chi connectivity index (χ3n) is 3.83. The SMILES string of the molecule is CCNC(Cc1ccc(C)cn1)c1cc2c(s1)CCSC2. The third-order valence-corrected chi connectivity index (χ3v) is 6.19. The molecule has 0 saturated carbocycles. The van der Waals surface area contributed by atoms with Crippen molar-refractivity contribution in [1.29, 1.82) is 0 Å². The van der Waals surface area contributed by atoms with E-state index in [0.29, 0.717) is 6.04 Å². The third kappa shape index (κ3) is 3.68. The fraction of sp³-hybridized carbons (Fsp3) is 0.471. The van der Waals surface area contributed by atoms with E-state index in [0.717, 1.165) is 13.0 Å². The second-order valence-corrected chi connectivity index (χ2v) is 7.81. The van der Waals surface area contributed by atoms with Gasteiger partial charge in [0, 0.05) is 39.9 Å². The van der Waals surface area contributed by atoms with Crippen LogP contribution in [0, 0.1) is 6.92 Å². The molecule has 0 aliphatic carbocycles. The second-order valence-electron chi connectivity index (χ2n) is 5.54. The summed E-state index contributed by atoms with van der Waals surface area (Å²) in [6.45, 7) is 5.26. The van der Waals surface area contributed by atoms with Gasteiger partial charge in [-0.1, -0.05) is 13.0 Å². The quantitative estimate of drug-likeness (QED) is 0.897. The molecule has 0 spiro atoms. The van der Waals surface area contributed by atoms with Crippen molar-refractivity contribution >= 4 is 23.1 Å². The highest BCUT2D eigenvalue weighted by Gasteiger charge is 2.19. The Kier molecular flexibility index (Phi) is 4.99. The van der Waals surface area contributed by atoms with Gasteiger partial charge in [-0.25, -0.2) is 0 Å². The van der Waals surface area contributed by atoms with E-state index in [2.05, 4.69) is 54.1 Å². The predicted octanol–water partition coefficient (Wildman–Crippen LogP) is 4.13. The van der Waals surface area contributed by atoms with E-state index in [1.807, 2.05) is 17.5 Å². The fourth-order valence-corrected chi connectivity index (χ4v) is 5.14. The molecule has 1 N–H and O–H groups in total. The summed E-state index contributed by atoms with van der Waals surface area (Å²) in [5, 5.41) is 3.63. The number of pyridine rings is 1. The summed E-state index contributed by atoms with van der Waals surface area (Å²) < 4.78 is 0. The number of aryl methyl sites for hydroxylation is 2. The van der Waals surface area contributed by atoms with Crippen molar-refractivity contribution in [3.05, 3.63) is 51.0 Å². The van der Waals surface area contributed by atoms with E-state index in [1.165, 1.54) is 34.1 Å². The Balaban J connectivity index is 1.80. The number of rotatable bonds is 5. The Labute approximate surface area is 135 Å². The molecule has 0 bridgehead atoms. The first-order valence-corrected chi connectivity index (χ1v) is 9.57. The standard InChI is InChI=1S/C17H22N2S2/c1-3-18-15(9-14-5-4-12(2)10-19-14)17-8-13-11-20-7-6-16(13)21-17/h4-5,8,10,15,18H,3,6-7,9,11H2,1-2H3. The molecule has 2 nitrogen and oxygen atoms in total. The molecule has 0 aromatic carbocycles. The molecule has 2 aromatic heterocycles. The van der Waals surface area contributed by atoms with Crippen LogP contribution in [0.15, 0.2) is 24.4 Å². The van der Waals surface area contributed by atoms with Crippen LogP contribution in [0.3, 0.4) is 0 Å². The van der Waals surface area contributed by atoms with Crippen LogP contribution < -0.4 is 5.32 Å². The van der Waals surface area contributed by atoms with Crippen molar-refractivity contribution < 1.29 is 0 Å². The van der Waals surface area contributed by atoms with Crippen LogP contribution in [0.1, 0.15) is 39.5 Å². The summed E-state index contributed by atoms with van der Waals surface area (Å²) in [5.41, 5.74) is 3.96. The summed E-state index contributed by atoms with van der Waals surface area (Å²) in [4.78, 5) is 7.65. The van der Waals surface area contributed by atoms with Crippen LogP contribution in [0.4, 0.5) is 0 Å².